The molecule has 1 unspecified atom stereocenters. The largest absolute Gasteiger partial charge is 0.465 e. The Morgan fingerprint density at radius 3 is 3.05 bits per heavy atom. The number of likely N-dealkylation sites (tertiary alicyclic amines) is 1. The quantitative estimate of drug-likeness (QED) is 0.751. The first-order valence-electron chi connectivity index (χ1n) is 7.01. The fourth-order valence-corrected chi connectivity index (χ4v) is 2.53. The SMILES string of the molecule is CCOC(=O)C1CCCN1Cc1nc(C2CC2)no1. The third kappa shape index (κ3) is 2.78. The third-order valence-electron chi connectivity index (χ3n) is 3.69. The Hall–Kier alpha value is -1.43. The van der Waals surface area contributed by atoms with Crippen LogP contribution in [0, 0.1) is 0 Å². The molecule has 0 aromatic carbocycles. The first-order valence-corrected chi connectivity index (χ1v) is 7.01. The van der Waals surface area contributed by atoms with Crippen molar-refractivity contribution in [2.45, 2.75) is 51.1 Å². The summed E-state index contributed by atoms with van der Waals surface area (Å²) >= 11 is 0. The van der Waals surface area contributed by atoms with Gasteiger partial charge in [-0.05, 0) is 39.2 Å². The number of carbonyl (C=O) groups is 1. The maximum atomic E-state index is 11.8. The van der Waals surface area contributed by atoms with Crippen molar-refractivity contribution in [3.05, 3.63) is 11.7 Å². The summed E-state index contributed by atoms with van der Waals surface area (Å²) in [4.78, 5) is 18.3. The van der Waals surface area contributed by atoms with Gasteiger partial charge in [-0.3, -0.25) is 9.69 Å². The Bertz CT molecular complexity index is 456. The second kappa shape index (κ2) is 5.28. The summed E-state index contributed by atoms with van der Waals surface area (Å²) < 4.78 is 10.4. The fourth-order valence-electron chi connectivity index (χ4n) is 2.53. The van der Waals surface area contributed by atoms with Gasteiger partial charge in [0.05, 0.1) is 13.2 Å². The predicted octanol–water partition coefficient (Wildman–Crippen LogP) is 1.47. The van der Waals surface area contributed by atoms with Crippen molar-refractivity contribution < 1.29 is 14.1 Å². The average Bonchev–Trinajstić information content (AvgIpc) is 2.97. The van der Waals surface area contributed by atoms with E-state index in [1.54, 1.807) is 0 Å². The highest BCUT2D eigenvalue weighted by Gasteiger charge is 2.34. The molecule has 6 nitrogen and oxygen atoms in total. The standard InChI is InChI=1S/C13H19N3O3/c1-2-18-13(17)10-4-3-7-16(10)8-11-14-12(15-19-11)9-5-6-9/h9-10H,2-8H2,1H3. The summed E-state index contributed by atoms with van der Waals surface area (Å²) in [5.74, 6) is 1.79. The molecule has 0 N–H and O–H groups in total. The second-order valence-corrected chi connectivity index (χ2v) is 5.20. The number of carbonyl (C=O) groups excluding carboxylic acids is 1. The van der Waals surface area contributed by atoms with Crippen molar-refractivity contribution in [2.75, 3.05) is 13.2 Å². The lowest BCUT2D eigenvalue weighted by molar-refractivity contribution is -0.148. The van der Waals surface area contributed by atoms with E-state index in [-0.39, 0.29) is 12.0 Å². The number of ether oxygens (including phenoxy) is 1. The van der Waals surface area contributed by atoms with Crippen molar-refractivity contribution >= 4 is 5.97 Å². The van der Waals surface area contributed by atoms with Crippen molar-refractivity contribution in [1.82, 2.24) is 15.0 Å². The molecule has 19 heavy (non-hydrogen) atoms. The van der Waals surface area contributed by atoms with Crippen LogP contribution in [0.1, 0.15) is 50.2 Å². The summed E-state index contributed by atoms with van der Waals surface area (Å²) in [6, 6.07) is -0.156. The van der Waals surface area contributed by atoms with E-state index in [1.807, 2.05) is 6.92 Å². The normalized spacial score (nSPS) is 23.7. The molecular formula is C13H19N3O3. The summed E-state index contributed by atoms with van der Waals surface area (Å²) in [5.41, 5.74) is 0. The Labute approximate surface area is 112 Å². The first-order chi connectivity index (χ1) is 9.28. The van der Waals surface area contributed by atoms with E-state index in [2.05, 4.69) is 15.0 Å². The molecule has 3 rings (SSSR count). The van der Waals surface area contributed by atoms with Gasteiger partial charge in [-0.15, -0.1) is 0 Å². The van der Waals surface area contributed by atoms with E-state index in [4.69, 9.17) is 9.26 Å². The summed E-state index contributed by atoms with van der Waals surface area (Å²) in [6.45, 7) is 3.68. The van der Waals surface area contributed by atoms with Crippen molar-refractivity contribution in [2.24, 2.45) is 0 Å². The zero-order valence-electron chi connectivity index (χ0n) is 11.2. The maximum Gasteiger partial charge on any atom is 0.323 e. The predicted molar refractivity (Wildman–Crippen MR) is 66.3 cm³/mol. The molecular weight excluding hydrogens is 246 g/mol. The molecule has 2 heterocycles. The minimum absolute atomic E-state index is 0.137. The molecule has 2 aliphatic rings. The minimum Gasteiger partial charge on any atom is -0.465 e. The summed E-state index contributed by atoms with van der Waals surface area (Å²) in [7, 11) is 0. The molecule has 6 heteroatoms. The van der Waals surface area contributed by atoms with E-state index < -0.39 is 0 Å². The van der Waals surface area contributed by atoms with E-state index in [1.165, 1.54) is 0 Å². The Balaban J connectivity index is 1.62. The van der Waals surface area contributed by atoms with E-state index in [0.717, 1.165) is 38.1 Å². The molecule has 0 bridgehead atoms. The highest BCUT2D eigenvalue weighted by molar-refractivity contribution is 5.76. The van der Waals surface area contributed by atoms with Crippen LogP contribution >= 0.6 is 0 Å². The highest BCUT2D eigenvalue weighted by atomic mass is 16.5. The monoisotopic (exact) mass is 265 g/mol. The van der Waals surface area contributed by atoms with Gasteiger partial charge in [0.1, 0.15) is 6.04 Å². The van der Waals surface area contributed by atoms with Gasteiger partial charge in [-0.25, -0.2) is 0 Å². The molecule has 1 aliphatic carbocycles. The number of hydrogen-bond acceptors (Lipinski definition) is 6. The molecule has 0 spiro atoms. The van der Waals surface area contributed by atoms with E-state index >= 15 is 0 Å². The molecule has 1 aromatic heterocycles. The Morgan fingerprint density at radius 1 is 1.47 bits per heavy atom. The van der Waals surface area contributed by atoms with Gasteiger partial charge < -0.3 is 9.26 Å². The summed E-state index contributed by atoms with van der Waals surface area (Å²) in [5, 5.41) is 4.00. The fraction of sp³-hybridized carbons (Fsp3) is 0.769. The Kier molecular flexibility index (Phi) is 3.50. The van der Waals surface area contributed by atoms with Crippen molar-refractivity contribution in [3.63, 3.8) is 0 Å². The number of aromatic nitrogens is 2. The first kappa shape index (κ1) is 12.6. The molecule has 1 saturated heterocycles. The van der Waals surface area contributed by atoms with Gasteiger partial charge in [-0.1, -0.05) is 5.16 Å². The number of hydrogen-bond donors (Lipinski definition) is 0. The van der Waals surface area contributed by atoms with Gasteiger partial charge in [0.2, 0.25) is 5.89 Å². The van der Waals surface area contributed by atoms with Crippen LogP contribution in [0.3, 0.4) is 0 Å². The van der Waals surface area contributed by atoms with Crippen LogP contribution in [0.25, 0.3) is 0 Å². The molecule has 0 amide bonds. The third-order valence-corrected chi connectivity index (χ3v) is 3.69. The van der Waals surface area contributed by atoms with Crippen LogP contribution in [0.15, 0.2) is 4.52 Å². The van der Waals surface area contributed by atoms with Crippen LogP contribution in [0.4, 0.5) is 0 Å². The van der Waals surface area contributed by atoms with E-state index in [0.29, 0.717) is 25.0 Å². The smallest absolute Gasteiger partial charge is 0.323 e. The van der Waals surface area contributed by atoms with Crippen LogP contribution in [0.2, 0.25) is 0 Å². The van der Waals surface area contributed by atoms with Gasteiger partial charge in [0, 0.05) is 5.92 Å². The lowest BCUT2D eigenvalue weighted by Crippen LogP contribution is -2.36. The average molecular weight is 265 g/mol. The zero-order chi connectivity index (χ0) is 13.2. The molecule has 1 saturated carbocycles. The molecule has 1 aliphatic heterocycles. The van der Waals surface area contributed by atoms with Crippen LogP contribution in [-0.4, -0.2) is 40.2 Å². The van der Waals surface area contributed by atoms with Crippen LogP contribution in [0.5, 0.6) is 0 Å². The lowest BCUT2D eigenvalue weighted by Gasteiger charge is -2.20. The topological polar surface area (TPSA) is 68.5 Å². The van der Waals surface area contributed by atoms with Crippen LogP contribution < -0.4 is 0 Å². The molecule has 104 valence electrons. The Morgan fingerprint density at radius 2 is 2.32 bits per heavy atom. The summed E-state index contributed by atoms with van der Waals surface area (Å²) in [6.07, 6.45) is 4.18. The lowest BCUT2D eigenvalue weighted by atomic mass is 10.2. The van der Waals surface area contributed by atoms with Crippen LogP contribution in [-0.2, 0) is 16.1 Å². The highest BCUT2D eigenvalue weighted by Crippen LogP contribution is 2.38. The van der Waals surface area contributed by atoms with Crippen molar-refractivity contribution in [3.8, 4) is 0 Å². The number of nitrogens with zero attached hydrogens (tertiary/aromatic N) is 3. The second-order valence-electron chi connectivity index (χ2n) is 5.20. The van der Waals surface area contributed by atoms with Gasteiger partial charge in [-0.2, -0.15) is 4.98 Å². The molecule has 1 aromatic rings. The van der Waals surface area contributed by atoms with E-state index in [9.17, 15) is 4.79 Å². The van der Waals surface area contributed by atoms with Gasteiger partial charge >= 0.3 is 5.97 Å². The van der Waals surface area contributed by atoms with Gasteiger partial charge in [0.25, 0.3) is 0 Å². The molecule has 1 atom stereocenters. The number of rotatable bonds is 5. The zero-order valence-corrected chi connectivity index (χ0v) is 11.2. The maximum absolute atomic E-state index is 11.8. The number of esters is 1. The molecule has 2 fully saturated rings. The molecule has 0 radical (unpaired) electrons. The van der Waals surface area contributed by atoms with Crippen molar-refractivity contribution in [1.29, 1.82) is 0 Å². The van der Waals surface area contributed by atoms with Gasteiger partial charge in [0.15, 0.2) is 5.82 Å². The minimum atomic E-state index is -0.156.